The van der Waals surface area contributed by atoms with Crippen LogP contribution in [0.1, 0.15) is 50.7 Å². The SMILES string of the molecule is CC(C)(C)[C@@H]1CC2=C(OC(N)=C(C#N)[C@H]2c2ccc(Cl)cc2)/C(=C/c2ccc(Cl)cc2)C1. The number of benzene rings is 2. The highest BCUT2D eigenvalue weighted by Crippen LogP contribution is 2.51. The van der Waals surface area contributed by atoms with Crippen LogP contribution in [-0.4, -0.2) is 0 Å². The van der Waals surface area contributed by atoms with Crippen molar-refractivity contribution < 1.29 is 4.74 Å². The molecule has 1 aliphatic carbocycles. The monoisotopic (exact) mass is 464 g/mol. The molecule has 0 spiro atoms. The van der Waals surface area contributed by atoms with E-state index in [0.29, 0.717) is 21.5 Å². The first kappa shape index (κ1) is 22.5. The second-order valence-electron chi connectivity index (χ2n) is 9.52. The van der Waals surface area contributed by atoms with Crippen molar-refractivity contribution in [1.82, 2.24) is 0 Å². The Hall–Kier alpha value is -2.67. The van der Waals surface area contributed by atoms with E-state index in [1.807, 2.05) is 48.5 Å². The zero-order chi connectivity index (χ0) is 23.0. The molecule has 4 rings (SSSR count). The summed E-state index contributed by atoms with van der Waals surface area (Å²) in [6, 6.07) is 17.7. The van der Waals surface area contributed by atoms with Crippen LogP contribution in [0.5, 0.6) is 0 Å². The molecule has 0 bridgehead atoms. The van der Waals surface area contributed by atoms with Gasteiger partial charge in [0.05, 0.1) is 0 Å². The van der Waals surface area contributed by atoms with Gasteiger partial charge in [0.2, 0.25) is 5.88 Å². The van der Waals surface area contributed by atoms with Crippen LogP contribution >= 0.6 is 23.2 Å². The molecule has 3 nitrogen and oxygen atoms in total. The van der Waals surface area contributed by atoms with E-state index in [4.69, 9.17) is 33.7 Å². The summed E-state index contributed by atoms with van der Waals surface area (Å²) in [6.07, 6.45) is 3.85. The smallest absolute Gasteiger partial charge is 0.205 e. The molecule has 2 N–H and O–H groups in total. The lowest BCUT2D eigenvalue weighted by molar-refractivity contribution is 0.200. The fraction of sp³-hybridized carbons (Fsp3) is 0.296. The van der Waals surface area contributed by atoms with E-state index in [9.17, 15) is 5.26 Å². The minimum absolute atomic E-state index is 0.0850. The first-order valence-corrected chi connectivity index (χ1v) is 11.5. The van der Waals surface area contributed by atoms with E-state index in [1.165, 1.54) is 0 Å². The fourth-order valence-corrected chi connectivity index (χ4v) is 4.75. The van der Waals surface area contributed by atoms with E-state index in [1.54, 1.807) is 0 Å². The summed E-state index contributed by atoms with van der Waals surface area (Å²) in [6.45, 7) is 6.79. The van der Waals surface area contributed by atoms with Gasteiger partial charge in [-0.15, -0.1) is 0 Å². The minimum atomic E-state index is -0.250. The van der Waals surface area contributed by atoms with Gasteiger partial charge in [-0.05, 0) is 76.8 Å². The molecule has 0 saturated carbocycles. The third kappa shape index (κ3) is 4.44. The summed E-state index contributed by atoms with van der Waals surface area (Å²) in [7, 11) is 0. The van der Waals surface area contributed by atoms with Crippen molar-refractivity contribution in [3.8, 4) is 6.07 Å². The number of allylic oxidation sites excluding steroid dienone is 3. The van der Waals surface area contributed by atoms with Crippen LogP contribution in [0.15, 0.2) is 76.9 Å². The van der Waals surface area contributed by atoms with Gasteiger partial charge in [-0.3, -0.25) is 0 Å². The Morgan fingerprint density at radius 3 is 2.16 bits per heavy atom. The van der Waals surface area contributed by atoms with Gasteiger partial charge in [0.25, 0.3) is 0 Å². The molecule has 0 saturated heterocycles. The first-order valence-electron chi connectivity index (χ1n) is 10.7. The maximum Gasteiger partial charge on any atom is 0.205 e. The number of ether oxygens (including phenoxy) is 1. The zero-order valence-corrected chi connectivity index (χ0v) is 20.0. The maximum absolute atomic E-state index is 9.95. The van der Waals surface area contributed by atoms with Gasteiger partial charge in [-0.25, -0.2) is 0 Å². The van der Waals surface area contributed by atoms with Gasteiger partial charge in [-0.1, -0.05) is 68.2 Å². The van der Waals surface area contributed by atoms with E-state index >= 15 is 0 Å². The predicted octanol–water partition coefficient (Wildman–Crippen LogP) is 7.59. The van der Waals surface area contributed by atoms with Crippen molar-refractivity contribution in [1.29, 1.82) is 5.26 Å². The molecule has 0 amide bonds. The van der Waals surface area contributed by atoms with Crippen molar-refractivity contribution >= 4 is 29.3 Å². The Bertz CT molecular complexity index is 1160. The summed E-state index contributed by atoms with van der Waals surface area (Å²) in [5.74, 6) is 1.09. The molecule has 2 aromatic rings. The normalized spacial score (nSPS) is 22.4. The molecule has 0 radical (unpaired) electrons. The lowest BCUT2D eigenvalue weighted by Gasteiger charge is -2.41. The molecule has 1 heterocycles. The second kappa shape index (κ2) is 8.70. The van der Waals surface area contributed by atoms with E-state index in [0.717, 1.165) is 40.9 Å². The van der Waals surface area contributed by atoms with E-state index < -0.39 is 0 Å². The van der Waals surface area contributed by atoms with Gasteiger partial charge < -0.3 is 10.5 Å². The second-order valence-corrected chi connectivity index (χ2v) is 10.4. The molecule has 32 heavy (non-hydrogen) atoms. The molecule has 0 fully saturated rings. The average Bonchev–Trinajstić information content (AvgIpc) is 2.74. The van der Waals surface area contributed by atoms with Crippen LogP contribution in [0.2, 0.25) is 10.0 Å². The summed E-state index contributed by atoms with van der Waals surface area (Å²) in [5, 5.41) is 11.3. The Labute approximate surface area is 199 Å². The van der Waals surface area contributed by atoms with Crippen molar-refractivity contribution in [2.45, 2.75) is 39.5 Å². The quantitative estimate of drug-likeness (QED) is 0.497. The predicted molar refractivity (Wildman–Crippen MR) is 131 cm³/mol. The lowest BCUT2D eigenvalue weighted by atomic mass is 9.66. The van der Waals surface area contributed by atoms with Crippen molar-refractivity contribution in [2.75, 3.05) is 0 Å². The number of hydrogen-bond donors (Lipinski definition) is 1. The van der Waals surface area contributed by atoms with Crippen LogP contribution in [0.25, 0.3) is 6.08 Å². The summed E-state index contributed by atoms with van der Waals surface area (Å²) >= 11 is 12.2. The Morgan fingerprint density at radius 1 is 1.00 bits per heavy atom. The number of nitrogens with zero attached hydrogens (tertiary/aromatic N) is 1. The van der Waals surface area contributed by atoms with Crippen LogP contribution in [0.4, 0.5) is 0 Å². The number of hydrogen-bond acceptors (Lipinski definition) is 3. The molecule has 2 atom stereocenters. The third-order valence-electron chi connectivity index (χ3n) is 6.39. The molecule has 1 aliphatic heterocycles. The Balaban J connectivity index is 1.89. The molecule has 2 aromatic carbocycles. The van der Waals surface area contributed by atoms with Crippen LogP contribution in [0, 0.1) is 22.7 Å². The number of nitriles is 1. The zero-order valence-electron chi connectivity index (χ0n) is 18.5. The van der Waals surface area contributed by atoms with Crippen LogP contribution in [0.3, 0.4) is 0 Å². The summed E-state index contributed by atoms with van der Waals surface area (Å²) in [4.78, 5) is 0. The van der Waals surface area contributed by atoms with Crippen molar-refractivity contribution in [2.24, 2.45) is 17.1 Å². The van der Waals surface area contributed by atoms with Gasteiger partial charge in [0.1, 0.15) is 17.4 Å². The number of nitrogens with two attached hydrogens (primary N) is 1. The lowest BCUT2D eigenvalue weighted by Crippen LogP contribution is -2.31. The molecular weight excluding hydrogens is 439 g/mol. The Kier molecular flexibility index (Phi) is 6.12. The van der Waals surface area contributed by atoms with Gasteiger partial charge in [0.15, 0.2) is 0 Å². The molecular formula is C27H26Cl2N2O. The molecule has 0 unspecified atom stereocenters. The molecule has 5 heteroatoms. The largest absolute Gasteiger partial charge is 0.440 e. The molecule has 2 aliphatic rings. The average molecular weight is 465 g/mol. The van der Waals surface area contributed by atoms with E-state index in [2.05, 4.69) is 32.9 Å². The highest BCUT2D eigenvalue weighted by atomic mass is 35.5. The number of halogens is 2. The summed E-state index contributed by atoms with van der Waals surface area (Å²) in [5.41, 5.74) is 11.0. The molecule has 0 aromatic heterocycles. The van der Waals surface area contributed by atoms with Gasteiger partial charge >= 0.3 is 0 Å². The standard InChI is InChI=1S/C27H26Cl2N2O/c1-27(2,3)19-13-18(12-16-4-8-20(28)9-5-16)25-22(14-19)24(23(15-30)26(31)32-25)17-6-10-21(29)11-7-17/h4-12,19,24H,13-14,31H2,1-3H3/b18-12+/t19-,24-/m0/s1. The Morgan fingerprint density at radius 2 is 1.59 bits per heavy atom. The topological polar surface area (TPSA) is 59.0 Å². The van der Waals surface area contributed by atoms with Gasteiger partial charge in [0, 0.05) is 16.0 Å². The highest BCUT2D eigenvalue weighted by molar-refractivity contribution is 6.30. The minimum Gasteiger partial charge on any atom is -0.440 e. The third-order valence-corrected chi connectivity index (χ3v) is 6.89. The molecule has 164 valence electrons. The van der Waals surface area contributed by atoms with Crippen molar-refractivity contribution in [3.63, 3.8) is 0 Å². The highest BCUT2D eigenvalue weighted by Gasteiger charge is 2.41. The van der Waals surface area contributed by atoms with E-state index in [-0.39, 0.29) is 17.2 Å². The first-order chi connectivity index (χ1) is 15.2. The van der Waals surface area contributed by atoms with Crippen LogP contribution in [-0.2, 0) is 4.74 Å². The maximum atomic E-state index is 9.95. The summed E-state index contributed by atoms with van der Waals surface area (Å²) < 4.78 is 6.13. The van der Waals surface area contributed by atoms with Crippen molar-refractivity contribution in [3.05, 3.63) is 98.1 Å². The van der Waals surface area contributed by atoms with Crippen LogP contribution < -0.4 is 5.73 Å². The number of rotatable bonds is 2. The van der Waals surface area contributed by atoms with Gasteiger partial charge in [-0.2, -0.15) is 5.26 Å². The fourth-order valence-electron chi connectivity index (χ4n) is 4.50.